The van der Waals surface area contributed by atoms with Crippen LogP contribution in [0.2, 0.25) is 0 Å². The number of rotatable bonds is 7. The van der Waals surface area contributed by atoms with Gasteiger partial charge in [-0.1, -0.05) is 48.5 Å². The van der Waals surface area contributed by atoms with Gasteiger partial charge < -0.3 is 9.47 Å². The Hall–Kier alpha value is -1.06. The Balaban J connectivity index is 2.57. The van der Waals surface area contributed by atoms with Gasteiger partial charge in [-0.05, 0) is 49.4 Å². The van der Waals surface area contributed by atoms with Gasteiger partial charge in [-0.15, -0.1) is 0 Å². The SMILES string of the molecule is CC(C)C(CC(C)(C)C)C(=O)OCC(=O)OC1(C(C)C)CCCC1. The fraction of sp³-hybridized carbons (Fsp3) is 0.900. The van der Waals surface area contributed by atoms with Gasteiger partial charge in [0.25, 0.3) is 0 Å². The van der Waals surface area contributed by atoms with Crippen LogP contribution in [0.4, 0.5) is 0 Å². The fourth-order valence-corrected chi connectivity index (χ4v) is 3.51. The molecule has 0 aromatic rings. The number of carbonyl (C=O) groups excluding carboxylic acids is 2. The highest BCUT2D eigenvalue weighted by Crippen LogP contribution is 2.39. The third-order valence-corrected chi connectivity index (χ3v) is 5.09. The molecule has 0 bridgehead atoms. The first-order chi connectivity index (χ1) is 11.0. The van der Waals surface area contributed by atoms with Crippen LogP contribution < -0.4 is 0 Å². The summed E-state index contributed by atoms with van der Waals surface area (Å²) in [6.45, 7) is 14.2. The van der Waals surface area contributed by atoms with E-state index in [0.29, 0.717) is 0 Å². The minimum atomic E-state index is -0.419. The largest absolute Gasteiger partial charge is 0.456 e. The van der Waals surface area contributed by atoms with E-state index in [1.54, 1.807) is 0 Å². The minimum absolute atomic E-state index is 0.0417. The number of carbonyl (C=O) groups is 2. The van der Waals surface area contributed by atoms with Crippen molar-refractivity contribution in [2.75, 3.05) is 6.61 Å². The van der Waals surface area contributed by atoms with Crippen molar-refractivity contribution in [1.82, 2.24) is 0 Å². The number of ether oxygens (including phenoxy) is 2. The molecule has 1 aliphatic rings. The van der Waals surface area contributed by atoms with Crippen molar-refractivity contribution < 1.29 is 19.1 Å². The molecule has 4 heteroatoms. The third kappa shape index (κ3) is 6.10. The van der Waals surface area contributed by atoms with E-state index in [2.05, 4.69) is 34.6 Å². The van der Waals surface area contributed by atoms with Crippen LogP contribution >= 0.6 is 0 Å². The van der Waals surface area contributed by atoms with Crippen molar-refractivity contribution in [3.63, 3.8) is 0 Å². The van der Waals surface area contributed by atoms with Crippen LogP contribution in [0.25, 0.3) is 0 Å². The molecule has 4 nitrogen and oxygen atoms in total. The highest BCUT2D eigenvalue weighted by Gasteiger charge is 2.41. The highest BCUT2D eigenvalue weighted by molar-refractivity contribution is 5.78. The molecule has 1 atom stereocenters. The van der Waals surface area contributed by atoms with Crippen molar-refractivity contribution in [2.45, 2.75) is 86.2 Å². The van der Waals surface area contributed by atoms with Gasteiger partial charge in [-0.25, -0.2) is 4.79 Å². The van der Waals surface area contributed by atoms with Gasteiger partial charge in [-0.2, -0.15) is 0 Å². The topological polar surface area (TPSA) is 52.6 Å². The van der Waals surface area contributed by atoms with Crippen LogP contribution in [0, 0.1) is 23.2 Å². The van der Waals surface area contributed by atoms with Crippen molar-refractivity contribution in [3.8, 4) is 0 Å². The number of hydrogen-bond acceptors (Lipinski definition) is 4. The Bertz CT molecular complexity index is 425. The van der Waals surface area contributed by atoms with Crippen LogP contribution in [0.1, 0.15) is 80.6 Å². The lowest BCUT2D eigenvalue weighted by Gasteiger charge is -2.33. The van der Waals surface area contributed by atoms with E-state index in [1.807, 2.05) is 13.8 Å². The molecule has 0 heterocycles. The monoisotopic (exact) mass is 340 g/mol. The van der Waals surface area contributed by atoms with E-state index in [4.69, 9.17) is 9.47 Å². The predicted molar refractivity (Wildman–Crippen MR) is 95.5 cm³/mol. The zero-order chi connectivity index (χ0) is 18.5. The molecule has 0 spiro atoms. The Morgan fingerprint density at radius 1 is 1.04 bits per heavy atom. The summed E-state index contributed by atoms with van der Waals surface area (Å²) in [5.41, 5.74) is -0.327. The van der Waals surface area contributed by atoms with E-state index in [0.717, 1.165) is 32.1 Å². The standard InChI is InChI=1S/C20H36O4/c1-14(2)16(12-19(5,6)7)18(22)23-13-17(21)24-20(15(3)4)10-8-9-11-20/h14-16H,8-13H2,1-7H3. The maximum atomic E-state index is 12.4. The lowest BCUT2D eigenvalue weighted by atomic mass is 9.80. The molecule has 140 valence electrons. The Morgan fingerprint density at radius 3 is 2.00 bits per heavy atom. The first-order valence-corrected chi connectivity index (χ1v) is 9.35. The Labute approximate surface area is 147 Å². The average Bonchev–Trinajstić information content (AvgIpc) is 2.91. The van der Waals surface area contributed by atoms with E-state index >= 15 is 0 Å². The van der Waals surface area contributed by atoms with Crippen LogP contribution in [0.5, 0.6) is 0 Å². The molecule has 1 rings (SSSR count). The normalized spacial score (nSPS) is 18.7. The van der Waals surface area contributed by atoms with Crippen LogP contribution in [-0.2, 0) is 19.1 Å². The van der Waals surface area contributed by atoms with Crippen molar-refractivity contribution in [2.24, 2.45) is 23.2 Å². The van der Waals surface area contributed by atoms with E-state index in [1.165, 1.54) is 0 Å². The zero-order valence-corrected chi connectivity index (χ0v) is 16.6. The quantitative estimate of drug-likeness (QED) is 0.628. The van der Waals surface area contributed by atoms with E-state index in [-0.39, 0.29) is 41.3 Å². The maximum Gasteiger partial charge on any atom is 0.344 e. The maximum absolute atomic E-state index is 12.4. The van der Waals surface area contributed by atoms with Gasteiger partial charge in [0.2, 0.25) is 0 Å². The first kappa shape index (κ1) is 21.0. The molecule has 0 N–H and O–H groups in total. The summed E-state index contributed by atoms with van der Waals surface area (Å²) >= 11 is 0. The molecule has 0 aromatic carbocycles. The predicted octanol–water partition coefficient (Wildman–Crippen LogP) is 4.75. The summed E-state index contributed by atoms with van der Waals surface area (Å²) < 4.78 is 11.0. The summed E-state index contributed by atoms with van der Waals surface area (Å²) in [6.07, 6.45) is 4.74. The molecule has 1 aliphatic carbocycles. The second-order valence-corrected chi connectivity index (χ2v) is 9.12. The van der Waals surface area contributed by atoms with Gasteiger partial charge in [0, 0.05) is 0 Å². The molecule has 1 saturated carbocycles. The van der Waals surface area contributed by atoms with Gasteiger partial charge in [0.15, 0.2) is 6.61 Å². The Morgan fingerprint density at radius 2 is 1.58 bits per heavy atom. The lowest BCUT2D eigenvalue weighted by Crippen LogP contribution is -2.39. The van der Waals surface area contributed by atoms with E-state index in [9.17, 15) is 9.59 Å². The van der Waals surface area contributed by atoms with Crippen molar-refractivity contribution >= 4 is 11.9 Å². The third-order valence-electron chi connectivity index (χ3n) is 5.09. The molecule has 0 amide bonds. The minimum Gasteiger partial charge on any atom is -0.456 e. The van der Waals surface area contributed by atoms with Crippen molar-refractivity contribution in [3.05, 3.63) is 0 Å². The van der Waals surface area contributed by atoms with Gasteiger partial charge in [-0.3, -0.25) is 4.79 Å². The molecule has 0 radical (unpaired) electrons. The molecular weight excluding hydrogens is 304 g/mol. The summed E-state index contributed by atoms with van der Waals surface area (Å²) in [4.78, 5) is 24.6. The zero-order valence-electron chi connectivity index (χ0n) is 16.6. The molecule has 24 heavy (non-hydrogen) atoms. The fourth-order valence-electron chi connectivity index (χ4n) is 3.51. The first-order valence-electron chi connectivity index (χ1n) is 9.35. The lowest BCUT2D eigenvalue weighted by molar-refractivity contribution is -0.175. The average molecular weight is 341 g/mol. The second-order valence-electron chi connectivity index (χ2n) is 9.12. The number of hydrogen-bond donors (Lipinski definition) is 0. The summed E-state index contributed by atoms with van der Waals surface area (Å²) in [5.74, 6) is -0.434. The van der Waals surface area contributed by atoms with Crippen LogP contribution in [0.15, 0.2) is 0 Å². The van der Waals surface area contributed by atoms with Crippen LogP contribution in [-0.4, -0.2) is 24.1 Å². The second kappa shape index (κ2) is 8.35. The smallest absolute Gasteiger partial charge is 0.344 e. The molecule has 1 unspecified atom stereocenters. The van der Waals surface area contributed by atoms with Crippen LogP contribution in [0.3, 0.4) is 0 Å². The molecule has 0 aromatic heterocycles. The highest BCUT2D eigenvalue weighted by atomic mass is 16.6. The number of esters is 2. The molecule has 1 fully saturated rings. The molecule has 0 saturated heterocycles. The van der Waals surface area contributed by atoms with Crippen molar-refractivity contribution in [1.29, 1.82) is 0 Å². The summed E-state index contributed by atoms with van der Waals surface area (Å²) in [5, 5.41) is 0. The Kier molecular flexibility index (Phi) is 7.30. The van der Waals surface area contributed by atoms with E-state index < -0.39 is 5.97 Å². The summed E-state index contributed by atoms with van der Waals surface area (Å²) in [6, 6.07) is 0. The van der Waals surface area contributed by atoms with Gasteiger partial charge in [0.05, 0.1) is 5.92 Å². The summed E-state index contributed by atoms with van der Waals surface area (Å²) in [7, 11) is 0. The molecule has 0 aliphatic heterocycles. The van der Waals surface area contributed by atoms with Gasteiger partial charge >= 0.3 is 11.9 Å². The molecular formula is C20H36O4. The van der Waals surface area contributed by atoms with Gasteiger partial charge in [0.1, 0.15) is 5.60 Å².